The Morgan fingerprint density at radius 2 is 1.96 bits per heavy atom. The largest absolute Gasteiger partial charge is 0.348 e. The lowest BCUT2D eigenvalue weighted by molar-refractivity contribution is -0.114. The number of rotatable bonds is 5. The van der Waals surface area contributed by atoms with E-state index in [-0.39, 0.29) is 17.9 Å². The summed E-state index contributed by atoms with van der Waals surface area (Å²) < 4.78 is 0.850. The fourth-order valence-electron chi connectivity index (χ4n) is 3.69. The van der Waals surface area contributed by atoms with Crippen molar-refractivity contribution in [2.75, 3.05) is 25.0 Å². The van der Waals surface area contributed by atoms with E-state index in [4.69, 9.17) is 0 Å². The van der Waals surface area contributed by atoms with Crippen molar-refractivity contribution in [2.24, 2.45) is 5.92 Å². The van der Waals surface area contributed by atoms with Crippen LogP contribution in [0.15, 0.2) is 39.7 Å². The molecule has 8 heteroatoms. The third kappa shape index (κ3) is 4.51. The third-order valence-electron chi connectivity index (χ3n) is 5.08. The summed E-state index contributed by atoms with van der Waals surface area (Å²) in [6.07, 6.45) is 4.04. The molecule has 2 N–H and O–H groups in total. The van der Waals surface area contributed by atoms with Crippen molar-refractivity contribution in [3.05, 3.63) is 36.0 Å². The number of aromatic nitrogens is 1. The number of benzene rings is 1. The minimum Gasteiger partial charge on any atom is -0.348 e. The molecule has 27 heavy (non-hydrogen) atoms. The third-order valence-corrected chi connectivity index (χ3v) is 7.07. The van der Waals surface area contributed by atoms with Gasteiger partial charge in [0.1, 0.15) is 5.00 Å². The first kappa shape index (κ1) is 18.5. The van der Waals surface area contributed by atoms with E-state index in [2.05, 4.69) is 20.5 Å². The molecule has 0 spiro atoms. The minimum absolute atomic E-state index is 0.00694. The summed E-state index contributed by atoms with van der Waals surface area (Å²) in [7, 11) is 0. The monoisotopic (exact) mass is 402 g/mol. The van der Waals surface area contributed by atoms with Gasteiger partial charge in [0.25, 0.3) is 5.91 Å². The number of thiazole rings is 1. The van der Waals surface area contributed by atoms with Crippen LogP contribution < -0.4 is 10.6 Å². The predicted molar refractivity (Wildman–Crippen MR) is 107 cm³/mol. The molecule has 1 aromatic heterocycles. The predicted octanol–water partition coefficient (Wildman–Crippen LogP) is 3.08. The van der Waals surface area contributed by atoms with Gasteiger partial charge in [-0.25, -0.2) is 4.98 Å². The van der Waals surface area contributed by atoms with Gasteiger partial charge in [0.05, 0.1) is 6.20 Å². The number of hydrogen-bond donors (Lipinski definition) is 2. The van der Waals surface area contributed by atoms with E-state index in [1.165, 1.54) is 56.0 Å². The Bertz CT molecular complexity index is 828. The van der Waals surface area contributed by atoms with E-state index in [0.29, 0.717) is 11.5 Å². The first-order valence-electron chi connectivity index (χ1n) is 9.11. The number of piperidine rings is 3. The molecule has 4 heterocycles. The Balaban J connectivity index is 1.35. The van der Waals surface area contributed by atoms with Crippen LogP contribution in [-0.4, -0.2) is 47.4 Å². The standard InChI is InChI=1S/C19H22N4O2S2/c1-12(24)21-17-10-20-19(27-17)26-15-4-2-14(3-5-15)18(25)22-16-11-23-8-6-13(16)7-9-23/h2-5,10,13,16H,6-9,11H2,1H3,(H,21,24)(H,22,25)/t16-/m0/s1. The molecule has 0 unspecified atom stereocenters. The molecular weight excluding hydrogens is 380 g/mol. The normalized spacial score (nSPS) is 23.8. The van der Waals surface area contributed by atoms with Gasteiger partial charge in [-0.1, -0.05) is 23.1 Å². The van der Waals surface area contributed by atoms with Crippen molar-refractivity contribution < 1.29 is 9.59 Å². The average molecular weight is 403 g/mol. The Hall–Kier alpha value is -1.90. The zero-order chi connectivity index (χ0) is 18.8. The van der Waals surface area contributed by atoms with E-state index in [1.54, 1.807) is 6.20 Å². The first-order chi connectivity index (χ1) is 13.1. The fourth-order valence-corrected chi connectivity index (χ4v) is 5.59. The molecule has 0 radical (unpaired) electrons. The van der Waals surface area contributed by atoms with Gasteiger partial charge in [0.15, 0.2) is 4.34 Å². The number of carbonyl (C=O) groups is 2. The number of carbonyl (C=O) groups excluding carboxylic acids is 2. The molecule has 1 aromatic carbocycles. The number of nitrogens with one attached hydrogen (secondary N) is 2. The molecule has 142 valence electrons. The van der Waals surface area contributed by atoms with Crippen molar-refractivity contribution >= 4 is 39.9 Å². The van der Waals surface area contributed by atoms with Gasteiger partial charge < -0.3 is 15.5 Å². The second kappa shape index (κ2) is 8.00. The molecule has 2 amide bonds. The van der Waals surface area contributed by atoms with Crippen molar-refractivity contribution in [3.63, 3.8) is 0 Å². The maximum Gasteiger partial charge on any atom is 0.251 e. The van der Waals surface area contributed by atoms with E-state index in [1.807, 2.05) is 24.3 Å². The summed E-state index contributed by atoms with van der Waals surface area (Å²) in [4.78, 5) is 31.4. The molecule has 2 aromatic rings. The topological polar surface area (TPSA) is 74.3 Å². The van der Waals surface area contributed by atoms with Crippen molar-refractivity contribution in [1.82, 2.24) is 15.2 Å². The van der Waals surface area contributed by atoms with Gasteiger partial charge in [-0.2, -0.15) is 0 Å². The molecule has 3 aliphatic rings. The molecule has 2 bridgehead atoms. The van der Waals surface area contributed by atoms with Gasteiger partial charge in [-0.05, 0) is 56.1 Å². The van der Waals surface area contributed by atoms with Crippen LogP contribution in [0.2, 0.25) is 0 Å². The van der Waals surface area contributed by atoms with Crippen LogP contribution in [0, 0.1) is 5.92 Å². The summed E-state index contributed by atoms with van der Waals surface area (Å²) in [6, 6.07) is 7.88. The van der Waals surface area contributed by atoms with Gasteiger partial charge in [-0.15, -0.1) is 0 Å². The maximum atomic E-state index is 12.6. The highest BCUT2D eigenvalue weighted by Crippen LogP contribution is 2.33. The highest BCUT2D eigenvalue weighted by atomic mass is 32.2. The molecular formula is C19H22N4O2S2. The number of hydrogen-bond acceptors (Lipinski definition) is 6. The zero-order valence-corrected chi connectivity index (χ0v) is 16.7. The Labute approximate surface area is 166 Å². The molecule has 1 atom stereocenters. The maximum absolute atomic E-state index is 12.6. The summed E-state index contributed by atoms with van der Waals surface area (Å²) >= 11 is 2.95. The summed E-state index contributed by atoms with van der Waals surface area (Å²) in [5.41, 5.74) is 0.689. The van der Waals surface area contributed by atoms with E-state index in [0.717, 1.165) is 20.8 Å². The van der Waals surface area contributed by atoms with Crippen molar-refractivity contribution in [2.45, 2.75) is 35.0 Å². The van der Waals surface area contributed by atoms with Gasteiger partial charge in [0, 0.05) is 30.0 Å². The molecule has 0 aliphatic carbocycles. The number of nitrogens with zero attached hydrogens (tertiary/aromatic N) is 2. The van der Waals surface area contributed by atoms with Crippen LogP contribution in [0.5, 0.6) is 0 Å². The first-order valence-corrected chi connectivity index (χ1v) is 10.7. The molecule has 5 rings (SSSR count). The Morgan fingerprint density at radius 1 is 1.22 bits per heavy atom. The molecule has 0 saturated carbocycles. The molecule has 6 nitrogen and oxygen atoms in total. The van der Waals surface area contributed by atoms with Gasteiger partial charge >= 0.3 is 0 Å². The van der Waals surface area contributed by atoms with Crippen LogP contribution in [0.3, 0.4) is 0 Å². The zero-order valence-electron chi connectivity index (χ0n) is 15.1. The van der Waals surface area contributed by atoms with Crippen LogP contribution in [-0.2, 0) is 4.79 Å². The second-order valence-electron chi connectivity index (χ2n) is 7.02. The van der Waals surface area contributed by atoms with Gasteiger partial charge in [-0.3, -0.25) is 9.59 Å². The van der Waals surface area contributed by atoms with E-state index < -0.39 is 0 Å². The molecule has 3 aliphatic heterocycles. The smallest absolute Gasteiger partial charge is 0.251 e. The fraction of sp³-hybridized carbons (Fsp3) is 0.421. The summed E-state index contributed by atoms with van der Waals surface area (Å²) in [5, 5.41) is 6.69. The quantitative estimate of drug-likeness (QED) is 0.804. The van der Waals surface area contributed by atoms with E-state index >= 15 is 0 Å². The van der Waals surface area contributed by atoms with E-state index in [9.17, 15) is 9.59 Å². The lowest BCUT2D eigenvalue weighted by Gasteiger charge is -2.44. The van der Waals surface area contributed by atoms with Crippen LogP contribution in [0.1, 0.15) is 30.1 Å². The summed E-state index contributed by atoms with van der Waals surface area (Å²) in [5.74, 6) is 0.525. The van der Waals surface area contributed by atoms with Crippen molar-refractivity contribution in [3.8, 4) is 0 Å². The Kier molecular flexibility index (Phi) is 5.47. The van der Waals surface area contributed by atoms with Gasteiger partial charge in [0.2, 0.25) is 5.91 Å². The van der Waals surface area contributed by atoms with Crippen LogP contribution in [0.25, 0.3) is 0 Å². The second-order valence-corrected chi connectivity index (χ2v) is 9.37. The summed E-state index contributed by atoms with van der Waals surface area (Å²) in [6.45, 7) is 4.80. The lowest BCUT2D eigenvalue weighted by Crippen LogP contribution is -2.57. The minimum atomic E-state index is -0.103. The lowest BCUT2D eigenvalue weighted by atomic mass is 9.84. The highest BCUT2D eigenvalue weighted by molar-refractivity contribution is 8.01. The number of amides is 2. The molecule has 3 fully saturated rings. The van der Waals surface area contributed by atoms with Crippen molar-refractivity contribution in [1.29, 1.82) is 0 Å². The SMILES string of the molecule is CC(=O)Nc1cnc(Sc2ccc(C(=O)N[C@H]3CN4CCC3CC4)cc2)s1. The van der Waals surface area contributed by atoms with Crippen LogP contribution >= 0.6 is 23.1 Å². The number of anilines is 1. The molecule has 3 saturated heterocycles. The Morgan fingerprint density at radius 3 is 2.59 bits per heavy atom. The number of fused-ring (bicyclic) bond motifs is 3. The average Bonchev–Trinajstić information content (AvgIpc) is 3.09. The van der Waals surface area contributed by atoms with Crippen LogP contribution in [0.4, 0.5) is 5.00 Å². The highest BCUT2D eigenvalue weighted by Gasteiger charge is 2.34.